The van der Waals surface area contributed by atoms with Gasteiger partial charge in [0.15, 0.2) is 0 Å². The lowest BCUT2D eigenvalue weighted by atomic mass is 10.2. The van der Waals surface area contributed by atoms with Crippen molar-refractivity contribution in [2.75, 3.05) is 0 Å². The van der Waals surface area contributed by atoms with Gasteiger partial charge in [0.05, 0.1) is 5.56 Å². The van der Waals surface area contributed by atoms with Gasteiger partial charge in [0, 0.05) is 13.0 Å². The van der Waals surface area contributed by atoms with Gasteiger partial charge in [-0.1, -0.05) is 6.42 Å². The Hall–Kier alpha value is -2.31. The molecule has 0 bridgehead atoms. The summed E-state index contributed by atoms with van der Waals surface area (Å²) in [5.74, 6) is 0.170. The minimum Gasteiger partial charge on any atom is -0.478 e. The van der Waals surface area contributed by atoms with Crippen LogP contribution in [0.25, 0.3) is 0 Å². The van der Waals surface area contributed by atoms with Gasteiger partial charge in [-0.3, -0.25) is 4.57 Å². The number of nitrogens with zero attached hydrogens (tertiary/aromatic N) is 3. The third-order valence-electron chi connectivity index (χ3n) is 3.49. The van der Waals surface area contributed by atoms with Crippen molar-refractivity contribution in [1.82, 2.24) is 14.3 Å². The second-order valence-corrected chi connectivity index (χ2v) is 4.93. The number of hydrogen-bond acceptors (Lipinski definition) is 4. The van der Waals surface area contributed by atoms with Crippen LogP contribution >= 0.6 is 0 Å². The van der Waals surface area contributed by atoms with Gasteiger partial charge < -0.3 is 9.52 Å². The molecule has 0 fully saturated rings. The molecule has 20 heavy (non-hydrogen) atoms. The number of fused-ring (bicyclic) bond motifs is 1. The standard InChI is InChI=1S/C13H15N3O4/c17-12(18)9-6-10(20-8-9)7-16-13(19)15-5-3-1-2-4-11(15)14-16/h6,8H,1-5,7H2,(H,17,18). The molecule has 0 atom stereocenters. The number of aromatic nitrogens is 3. The normalized spacial score (nSPS) is 14.8. The SMILES string of the molecule is O=C(O)c1coc(Cn2nc3n(c2=O)CCCCC3)c1. The van der Waals surface area contributed by atoms with Crippen LogP contribution in [-0.2, 0) is 19.5 Å². The molecule has 3 heterocycles. The van der Waals surface area contributed by atoms with Gasteiger partial charge in [0.25, 0.3) is 0 Å². The number of aryl methyl sites for hydroxylation is 1. The monoisotopic (exact) mass is 277 g/mol. The lowest BCUT2D eigenvalue weighted by Crippen LogP contribution is -2.25. The van der Waals surface area contributed by atoms with Gasteiger partial charge in [0.1, 0.15) is 24.4 Å². The van der Waals surface area contributed by atoms with Crippen molar-refractivity contribution < 1.29 is 14.3 Å². The summed E-state index contributed by atoms with van der Waals surface area (Å²) in [6.07, 6.45) is 5.12. The van der Waals surface area contributed by atoms with E-state index in [0.717, 1.165) is 31.5 Å². The average Bonchev–Trinajstić information content (AvgIpc) is 2.90. The minimum absolute atomic E-state index is 0.0776. The highest BCUT2D eigenvalue weighted by Gasteiger charge is 2.17. The molecule has 2 aromatic heterocycles. The summed E-state index contributed by atoms with van der Waals surface area (Å²) < 4.78 is 8.19. The third kappa shape index (κ3) is 2.26. The van der Waals surface area contributed by atoms with Crippen molar-refractivity contribution in [3.05, 3.63) is 40.0 Å². The fraction of sp³-hybridized carbons (Fsp3) is 0.462. The largest absolute Gasteiger partial charge is 0.478 e. The Bertz CT molecular complexity index is 695. The summed E-state index contributed by atoms with van der Waals surface area (Å²) in [4.78, 5) is 23.0. The molecule has 0 radical (unpaired) electrons. The Morgan fingerprint density at radius 3 is 3.00 bits per heavy atom. The number of carboxylic acids is 1. The predicted molar refractivity (Wildman–Crippen MR) is 68.8 cm³/mol. The first kappa shape index (κ1) is 12.7. The van der Waals surface area contributed by atoms with Crippen LogP contribution in [0.5, 0.6) is 0 Å². The van der Waals surface area contributed by atoms with Gasteiger partial charge in [-0.05, 0) is 18.9 Å². The van der Waals surface area contributed by atoms with Crippen LogP contribution < -0.4 is 5.69 Å². The van der Waals surface area contributed by atoms with Crippen LogP contribution in [0, 0.1) is 0 Å². The molecule has 2 aromatic rings. The van der Waals surface area contributed by atoms with Gasteiger partial charge in [-0.15, -0.1) is 0 Å². The number of rotatable bonds is 3. The predicted octanol–water partition coefficient (Wildman–Crippen LogP) is 1.11. The first-order valence-electron chi connectivity index (χ1n) is 6.62. The highest BCUT2D eigenvalue weighted by molar-refractivity contribution is 5.87. The molecular weight excluding hydrogens is 262 g/mol. The van der Waals surface area contributed by atoms with Crippen molar-refractivity contribution in [3.63, 3.8) is 0 Å². The van der Waals surface area contributed by atoms with Crippen LogP contribution in [0.2, 0.25) is 0 Å². The van der Waals surface area contributed by atoms with Crippen molar-refractivity contribution in [1.29, 1.82) is 0 Å². The van der Waals surface area contributed by atoms with Crippen molar-refractivity contribution in [3.8, 4) is 0 Å². The molecule has 7 heteroatoms. The first-order valence-corrected chi connectivity index (χ1v) is 6.62. The fourth-order valence-corrected chi connectivity index (χ4v) is 2.45. The minimum atomic E-state index is -1.05. The number of hydrogen-bond donors (Lipinski definition) is 1. The summed E-state index contributed by atoms with van der Waals surface area (Å²) in [7, 11) is 0. The maximum atomic E-state index is 12.2. The highest BCUT2D eigenvalue weighted by Crippen LogP contribution is 2.12. The molecule has 106 valence electrons. The Morgan fingerprint density at radius 2 is 2.25 bits per heavy atom. The van der Waals surface area contributed by atoms with Crippen molar-refractivity contribution in [2.24, 2.45) is 0 Å². The molecule has 0 saturated heterocycles. The Balaban J connectivity index is 1.87. The van der Waals surface area contributed by atoms with Gasteiger partial charge >= 0.3 is 11.7 Å². The van der Waals surface area contributed by atoms with E-state index >= 15 is 0 Å². The molecule has 0 saturated carbocycles. The van der Waals surface area contributed by atoms with Crippen LogP contribution in [0.15, 0.2) is 21.5 Å². The van der Waals surface area contributed by atoms with Crippen LogP contribution in [-0.4, -0.2) is 25.4 Å². The molecule has 0 aromatic carbocycles. The quantitative estimate of drug-likeness (QED) is 0.907. The van der Waals surface area contributed by atoms with Gasteiger partial charge in [-0.2, -0.15) is 5.10 Å². The van der Waals surface area contributed by atoms with E-state index in [1.807, 2.05) is 0 Å². The number of furan rings is 1. The van der Waals surface area contributed by atoms with Crippen molar-refractivity contribution in [2.45, 2.75) is 38.8 Å². The molecule has 7 nitrogen and oxygen atoms in total. The lowest BCUT2D eigenvalue weighted by molar-refractivity contribution is 0.0696. The summed E-state index contributed by atoms with van der Waals surface area (Å²) in [6, 6.07) is 1.42. The van der Waals surface area contributed by atoms with Crippen molar-refractivity contribution >= 4 is 5.97 Å². The molecule has 0 spiro atoms. The van der Waals surface area contributed by atoms with Gasteiger partial charge in [-0.25, -0.2) is 14.3 Å². The Kier molecular flexibility index (Phi) is 3.17. The number of carboxylic acid groups (broad SMARTS) is 1. The Labute approximate surface area is 114 Å². The van der Waals surface area contributed by atoms with E-state index in [-0.39, 0.29) is 17.8 Å². The summed E-state index contributed by atoms with van der Waals surface area (Å²) in [5.41, 5.74) is -0.0796. The van der Waals surface area contributed by atoms with Crippen LogP contribution in [0.4, 0.5) is 0 Å². The Morgan fingerprint density at radius 1 is 1.40 bits per heavy atom. The lowest BCUT2D eigenvalue weighted by Gasteiger charge is -1.97. The average molecular weight is 277 g/mol. The van der Waals surface area contributed by atoms with E-state index in [1.165, 1.54) is 17.0 Å². The summed E-state index contributed by atoms with van der Waals surface area (Å²) in [6.45, 7) is 0.860. The van der Waals surface area contributed by atoms with E-state index in [0.29, 0.717) is 12.3 Å². The zero-order valence-corrected chi connectivity index (χ0v) is 10.9. The summed E-state index contributed by atoms with van der Waals surface area (Å²) in [5, 5.41) is 13.2. The molecule has 1 aliphatic heterocycles. The van der Waals surface area contributed by atoms with Crippen LogP contribution in [0.1, 0.15) is 41.2 Å². The maximum absolute atomic E-state index is 12.2. The van der Waals surface area contributed by atoms with E-state index in [2.05, 4.69) is 5.10 Å². The zero-order valence-electron chi connectivity index (χ0n) is 10.9. The fourth-order valence-electron chi connectivity index (χ4n) is 2.45. The molecular formula is C13H15N3O4. The zero-order chi connectivity index (χ0) is 14.1. The summed E-state index contributed by atoms with van der Waals surface area (Å²) >= 11 is 0. The topological polar surface area (TPSA) is 90.3 Å². The number of aromatic carboxylic acids is 1. The maximum Gasteiger partial charge on any atom is 0.346 e. The molecule has 1 aliphatic rings. The number of carbonyl (C=O) groups is 1. The highest BCUT2D eigenvalue weighted by atomic mass is 16.4. The molecule has 0 amide bonds. The smallest absolute Gasteiger partial charge is 0.346 e. The van der Waals surface area contributed by atoms with E-state index in [4.69, 9.17) is 9.52 Å². The third-order valence-corrected chi connectivity index (χ3v) is 3.49. The molecule has 3 rings (SSSR count). The second kappa shape index (κ2) is 4.99. The molecule has 0 aliphatic carbocycles. The van der Waals surface area contributed by atoms with E-state index < -0.39 is 5.97 Å². The molecule has 0 unspecified atom stereocenters. The van der Waals surface area contributed by atoms with Crippen LogP contribution in [0.3, 0.4) is 0 Å². The molecule has 1 N–H and O–H groups in total. The van der Waals surface area contributed by atoms with E-state index in [9.17, 15) is 9.59 Å². The van der Waals surface area contributed by atoms with E-state index in [1.54, 1.807) is 4.57 Å². The first-order chi connectivity index (χ1) is 9.65. The second-order valence-electron chi connectivity index (χ2n) is 4.93. The van der Waals surface area contributed by atoms with Gasteiger partial charge in [0.2, 0.25) is 0 Å².